The highest BCUT2D eigenvalue weighted by atomic mass is 16.1. The summed E-state index contributed by atoms with van der Waals surface area (Å²) in [6.07, 6.45) is 5.36. The molecule has 2 aliphatic carbocycles. The van der Waals surface area contributed by atoms with Crippen LogP contribution >= 0.6 is 0 Å². The monoisotopic (exact) mass is 384 g/mol. The van der Waals surface area contributed by atoms with E-state index in [1.54, 1.807) is 0 Å². The van der Waals surface area contributed by atoms with Gasteiger partial charge in [0, 0.05) is 17.0 Å². The number of amides is 1. The topological polar surface area (TPSA) is 42.0 Å². The number of rotatable bonds is 4. The Kier molecular flexibility index (Phi) is 4.61. The average Bonchev–Trinajstić information content (AvgIpc) is 3.36. The largest absolute Gasteiger partial charge is 0.349 e. The van der Waals surface area contributed by atoms with Crippen molar-refractivity contribution in [1.29, 1.82) is 0 Å². The standard InChI is InChI=1S/C26H28N2O/c1-16-6-5-7-20(12-16)25-15-23(21-8-3-4-9-24(21)28-25)26(29)27-17(2)22-14-18-10-11-19(22)13-18/h3-9,12,15,17-19,22H,10-11,13-14H2,1-2H3,(H,27,29)/t17-,18-,19-,22+/m0/s1. The van der Waals surface area contributed by atoms with Crippen LogP contribution in [0.1, 0.15) is 48.5 Å². The van der Waals surface area contributed by atoms with Crippen LogP contribution in [0.25, 0.3) is 22.2 Å². The van der Waals surface area contributed by atoms with E-state index in [0.29, 0.717) is 5.92 Å². The number of carbonyl (C=O) groups is 1. The van der Waals surface area contributed by atoms with Crippen LogP contribution in [0.3, 0.4) is 0 Å². The lowest BCUT2D eigenvalue weighted by Crippen LogP contribution is -2.40. The molecule has 2 bridgehead atoms. The number of hydrogen-bond donors (Lipinski definition) is 1. The zero-order chi connectivity index (χ0) is 20.0. The van der Waals surface area contributed by atoms with Crippen molar-refractivity contribution >= 4 is 16.8 Å². The summed E-state index contributed by atoms with van der Waals surface area (Å²) >= 11 is 0. The Balaban J connectivity index is 1.48. The Bertz CT molecular complexity index is 1070. The van der Waals surface area contributed by atoms with Gasteiger partial charge in [0.15, 0.2) is 0 Å². The van der Waals surface area contributed by atoms with E-state index in [9.17, 15) is 4.79 Å². The quantitative estimate of drug-likeness (QED) is 0.621. The Morgan fingerprint density at radius 2 is 1.93 bits per heavy atom. The molecule has 0 unspecified atom stereocenters. The second-order valence-electron chi connectivity index (χ2n) is 9.04. The SMILES string of the molecule is Cc1cccc(-c2cc(C(=O)N[C@@H](C)[C@H]3C[C@H]4CC[C@H]3C4)c3ccccc3n2)c1. The van der Waals surface area contributed by atoms with E-state index in [4.69, 9.17) is 4.98 Å². The van der Waals surface area contributed by atoms with Crippen LogP contribution < -0.4 is 5.32 Å². The minimum atomic E-state index is 0.0211. The van der Waals surface area contributed by atoms with Gasteiger partial charge >= 0.3 is 0 Å². The highest BCUT2D eigenvalue weighted by Crippen LogP contribution is 2.49. The number of nitrogens with one attached hydrogen (secondary N) is 1. The molecule has 2 saturated carbocycles. The van der Waals surface area contributed by atoms with Crippen LogP contribution in [-0.2, 0) is 0 Å². The maximum Gasteiger partial charge on any atom is 0.252 e. The molecule has 3 heteroatoms. The fourth-order valence-corrected chi connectivity index (χ4v) is 5.61. The molecule has 2 fully saturated rings. The number of para-hydroxylation sites is 1. The Labute approximate surface area is 172 Å². The van der Waals surface area contributed by atoms with Crippen molar-refractivity contribution in [2.24, 2.45) is 17.8 Å². The molecule has 2 aromatic carbocycles. The minimum Gasteiger partial charge on any atom is -0.349 e. The molecule has 0 radical (unpaired) electrons. The van der Waals surface area contributed by atoms with E-state index in [0.717, 1.165) is 39.6 Å². The highest BCUT2D eigenvalue weighted by molar-refractivity contribution is 6.07. The van der Waals surface area contributed by atoms with Crippen molar-refractivity contribution in [3.8, 4) is 11.3 Å². The second kappa shape index (κ2) is 7.29. The smallest absolute Gasteiger partial charge is 0.252 e. The zero-order valence-corrected chi connectivity index (χ0v) is 17.2. The van der Waals surface area contributed by atoms with Gasteiger partial charge in [-0.25, -0.2) is 4.98 Å². The molecule has 0 spiro atoms. The summed E-state index contributed by atoms with van der Waals surface area (Å²) < 4.78 is 0. The summed E-state index contributed by atoms with van der Waals surface area (Å²) in [5.74, 6) is 2.33. The fraction of sp³-hybridized carbons (Fsp3) is 0.385. The normalized spacial score (nSPS) is 24.0. The number of fused-ring (bicyclic) bond motifs is 3. The summed E-state index contributed by atoms with van der Waals surface area (Å²) in [5, 5.41) is 4.26. The molecule has 0 saturated heterocycles. The van der Waals surface area contributed by atoms with Crippen LogP contribution in [0.15, 0.2) is 54.6 Å². The molecule has 3 nitrogen and oxygen atoms in total. The third-order valence-electron chi connectivity index (χ3n) is 7.07. The van der Waals surface area contributed by atoms with E-state index in [-0.39, 0.29) is 11.9 Å². The minimum absolute atomic E-state index is 0.0211. The first-order valence-corrected chi connectivity index (χ1v) is 10.9. The molecule has 29 heavy (non-hydrogen) atoms. The fourth-order valence-electron chi connectivity index (χ4n) is 5.61. The van der Waals surface area contributed by atoms with Gasteiger partial charge in [0.05, 0.1) is 16.8 Å². The van der Waals surface area contributed by atoms with Crippen LogP contribution in [0.4, 0.5) is 0 Å². The van der Waals surface area contributed by atoms with Crippen LogP contribution in [0.2, 0.25) is 0 Å². The molecule has 0 aliphatic heterocycles. The van der Waals surface area contributed by atoms with E-state index in [1.807, 2.05) is 36.4 Å². The van der Waals surface area contributed by atoms with Gasteiger partial charge in [-0.2, -0.15) is 0 Å². The molecule has 1 N–H and O–H groups in total. The van der Waals surface area contributed by atoms with Gasteiger partial charge in [0.1, 0.15) is 0 Å². The number of hydrogen-bond acceptors (Lipinski definition) is 2. The van der Waals surface area contributed by atoms with E-state index in [2.05, 4.69) is 37.4 Å². The summed E-state index contributed by atoms with van der Waals surface area (Å²) in [6, 6.07) is 18.4. The van der Waals surface area contributed by atoms with Gasteiger partial charge in [0.25, 0.3) is 5.91 Å². The number of nitrogens with zero attached hydrogens (tertiary/aromatic N) is 1. The maximum absolute atomic E-state index is 13.3. The van der Waals surface area contributed by atoms with Gasteiger partial charge in [-0.05, 0) is 69.1 Å². The van der Waals surface area contributed by atoms with Crippen molar-refractivity contribution in [1.82, 2.24) is 10.3 Å². The Hall–Kier alpha value is -2.68. The molecule has 1 amide bonds. The average molecular weight is 385 g/mol. The number of aryl methyl sites for hydroxylation is 1. The third-order valence-corrected chi connectivity index (χ3v) is 7.07. The molecule has 4 atom stereocenters. The van der Waals surface area contributed by atoms with Gasteiger partial charge in [-0.3, -0.25) is 4.79 Å². The number of benzene rings is 2. The maximum atomic E-state index is 13.3. The van der Waals surface area contributed by atoms with Crippen LogP contribution in [-0.4, -0.2) is 16.9 Å². The summed E-state index contributed by atoms with van der Waals surface area (Å²) in [6.45, 7) is 4.27. The summed E-state index contributed by atoms with van der Waals surface area (Å²) in [4.78, 5) is 18.2. The lowest BCUT2D eigenvalue weighted by atomic mass is 9.84. The predicted octanol–water partition coefficient (Wildman–Crippen LogP) is 5.76. The van der Waals surface area contributed by atoms with Crippen molar-refractivity contribution < 1.29 is 4.79 Å². The molecule has 3 aromatic rings. The number of aromatic nitrogens is 1. The van der Waals surface area contributed by atoms with E-state index >= 15 is 0 Å². The van der Waals surface area contributed by atoms with Crippen molar-refractivity contribution in [3.63, 3.8) is 0 Å². The first-order chi connectivity index (χ1) is 14.1. The highest BCUT2D eigenvalue weighted by Gasteiger charge is 2.42. The molecule has 1 aromatic heterocycles. The molecular formula is C26H28N2O. The molecular weight excluding hydrogens is 356 g/mol. The van der Waals surface area contributed by atoms with Gasteiger partial charge in [-0.1, -0.05) is 48.4 Å². The number of pyridine rings is 1. The lowest BCUT2D eigenvalue weighted by molar-refractivity contribution is 0.0917. The molecule has 2 aliphatic rings. The molecule has 1 heterocycles. The lowest BCUT2D eigenvalue weighted by Gasteiger charge is -2.28. The summed E-state index contributed by atoms with van der Waals surface area (Å²) in [5.41, 5.74) is 4.68. The number of carbonyl (C=O) groups excluding carboxylic acids is 1. The van der Waals surface area contributed by atoms with E-state index in [1.165, 1.54) is 31.2 Å². The van der Waals surface area contributed by atoms with Gasteiger partial charge in [0.2, 0.25) is 0 Å². The Morgan fingerprint density at radius 1 is 1.07 bits per heavy atom. The van der Waals surface area contributed by atoms with Crippen molar-refractivity contribution in [2.45, 2.75) is 45.6 Å². The second-order valence-corrected chi connectivity index (χ2v) is 9.04. The third kappa shape index (κ3) is 3.43. The Morgan fingerprint density at radius 3 is 2.69 bits per heavy atom. The first kappa shape index (κ1) is 18.4. The zero-order valence-electron chi connectivity index (χ0n) is 17.2. The van der Waals surface area contributed by atoms with Gasteiger partial charge < -0.3 is 5.32 Å². The van der Waals surface area contributed by atoms with E-state index < -0.39 is 0 Å². The van der Waals surface area contributed by atoms with Crippen LogP contribution in [0.5, 0.6) is 0 Å². The van der Waals surface area contributed by atoms with Crippen molar-refractivity contribution in [2.75, 3.05) is 0 Å². The molecule has 148 valence electrons. The predicted molar refractivity (Wildman–Crippen MR) is 118 cm³/mol. The summed E-state index contributed by atoms with van der Waals surface area (Å²) in [7, 11) is 0. The van der Waals surface area contributed by atoms with Crippen LogP contribution in [0, 0.1) is 24.7 Å². The van der Waals surface area contributed by atoms with Crippen molar-refractivity contribution in [3.05, 3.63) is 65.7 Å². The molecule has 5 rings (SSSR count). The van der Waals surface area contributed by atoms with Gasteiger partial charge in [-0.15, -0.1) is 0 Å². The first-order valence-electron chi connectivity index (χ1n) is 10.9.